The van der Waals surface area contributed by atoms with E-state index in [-0.39, 0.29) is 0 Å². The highest BCUT2D eigenvalue weighted by Gasteiger charge is 2.12. The fourth-order valence-electron chi connectivity index (χ4n) is 1.27. The quantitative estimate of drug-likeness (QED) is 0.754. The van der Waals surface area contributed by atoms with Crippen LogP contribution in [-0.4, -0.2) is 11.1 Å². The molecule has 0 radical (unpaired) electrons. The molecule has 0 aliphatic heterocycles. The molecule has 0 spiro atoms. The van der Waals surface area contributed by atoms with Gasteiger partial charge >= 0.3 is 5.97 Å². The van der Waals surface area contributed by atoms with Gasteiger partial charge in [-0.15, -0.1) is 0 Å². The second-order valence-electron chi connectivity index (χ2n) is 3.11. The Kier molecular flexibility index (Phi) is 2.62. The highest BCUT2D eigenvalue weighted by Crippen LogP contribution is 2.25. The van der Waals surface area contributed by atoms with Gasteiger partial charge in [0.15, 0.2) is 0 Å². The van der Waals surface area contributed by atoms with Gasteiger partial charge in [-0.3, -0.25) is 0 Å². The predicted octanol–water partition coefficient (Wildman–Crippen LogP) is 2.96. The van der Waals surface area contributed by atoms with E-state index >= 15 is 0 Å². The maximum Gasteiger partial charge on any atom is 0.335 e. The van der Waals surface area contributed by atoms with Crippen LogP contribution in [0.15, 0.2) is 6.07 Å². The molecule has 0 heterocycles. The Bertz CT molecular complexity index is 370. The number of carboxylic acids is 1. The highest BCUT2D eigenvalue weighted by atomic mass is 35.5. The van der Waals surface area contributed by atoms with Gasteiger partial charge in [-0.2, -0.15) is 0 Å². The van der Waals surface area contributed by atoms with Crippen LogP contribution in [0, 0.1) is 20.8 Å². The lowest BCUT2D eigenvalue weighted by atomic mass is 10.0. The summed E-state index contributed by atoms with van der Waals surface area (Å²) in [5.74, 6) is -0.902. The van der Waals surface area contributed by atoms with Crippen molar-refractivity contribution in [3.63, 3.8) is 0 Å². The Labute approximate surface area is 82.2 Å². The first kappa shape index (κ1) is 10.1. The minimum Gasteiger partial charge on any atom is -0.478 e. The smallest absolute Gasteiger partial charge is 0.335 e. The normalized spacial score (nSPS) is 10.2. The second kappa shape index (κ2) is 3.38. The summed E-state index contributed by atoms with van der Waals surface area (Å²) in [6, 6.07) is 1.60. The van der Waals surface area contributed by atoms with Crippen molar-refractivity contribution >= 4 is 17.6 Å². The van der Waals surface area contributed by atoms with Crippen molar-refractivity contribution in [2.75, 3.05) is 0 Å². The molecular formula is C10H11ClO2. The SMILES string of the molecule is Cc1cc(C(=O)O)c(C)c(C)c1Cl. The molecule has 2 nitrogen and oxygen atoms in total. The molecule has 0 amide bonds. The monoisotopic (exact) mass is 198 g/mol. The van der Waals surface area contributed by atoms with Gasteiger partial charge in [-0.1, -0.05) is 11.6 Å². The zero-order valence-corrected chi connectivity index (χ0v) is 8.57. The predicted molar refractivity (Wildman–Crippen MR) is 52.6 cm³/mol. The van der Waals surface area contributed by atoms with Crippen molar-refractivity contribution < 1.29 is 9.90 Å². The first-order valence-corrected chi connectivity index (χ1v) is 4.32. The summed E-state index contributed by atoms with van der Waals surface area (Å²) in [5, 5.41) is 9.52. The van der Waals surface area contributed by atoms with E-state index in [2.05, 4.69) is 0 Å². The summed E-state index contributed by atoms with van der Waals surface area (Å²) < 4.78 is 0. The number of rotatable bonds is 1. The molecule has 0 bridgehead atoms. The van der Waals surface area contributed by atoms with Gasteiger partial charge in [-0.25, -0.2) is 4.79 Å². The molecule has 0 aliphatic carbocycles. The Hall–Kier alpha value is -1.02. The Morgan fingerprint density at radius 3 is 2.31 bits per heavy atom. The zero-order chi connectivity index (χ0) is 10.2. The van der Waals surface area contributed by atoms with Crippen molar-refractivity contribution in [1.82, 2.24) is 0 Å². The standard InChI is InChI=1S/C10H11ClO2/c1-5-4-8(10(12)13)6(2)7(3)9(5)11/h4H,1-3H3,(H,12,13). The van der Waals surface area contributed by atoms with Crippen molar-refractivity contribution in [2.45, 2.75) is 20.8 Å². The van der Waals surface area contributed by atoms with Crippen molar-refractivity contribution in [1.29, 1.82) is 0 Å². The van der Waals surface area contributed by atoms with Crippen LogP contribution in [0.25, 0.3) is 0 Å². The van der Waals surface area contributed by atoms with E-state index in [1.54, 1.807) is 19.9 Å². The van der Waals surface area contributed by atoms with E-state index in [9.17, 15) is 4.79 Å². The number of hydrogen-bond donors (Lipinski definition) is 1. The van der Waals surface area contributed by atoms with Crippen LogP contribution in [0.1, 0.15) is 27.0 Å². The molecule has 0 unspecified atom stereocenters. The van der Waals surface area contributed by atoms with E-state index in [4.69, 9.17) is 16.7 Å². The van der Waals surface area contributed by atoms with Crippen LogP contribution >= 0.6 is 11.6 Å². The molecule has 1 rings (SSSR count). The highest BCUT2D eigenvalue weighted by molar-refractivity contribution is 6.32. The van der Waals surface area contributed by atoms with E-state index in [0.717, 1.165) is 16.7 Å². The summed E-state index contributed by atoms with van der Waals surface area (Å²) in [7, 11) is 0. The molecular weight excluding hydrogens is 188 g/mol. The molecule has 1 aromatic carbocycles. The topological polar surface area (TPSA) is 37.3 Å². The number of aromatic carboxylic acids is 1. The number of carbonyl (C=O) groups is 1. The third kappa shape index (κ3) is 1.68. The van der Waals surface area contributed by atoms with E-state index < -0.39 is 5.97 Å². The average molecular weight is 199 g/mol. The number of benzene rings is 1. The van der Waals surface area contributed by atoms with Crippen LogP contribution in [0.2, 0.25) is 5.02 Å². The minimum absolute atomic E-state index is 0.333. The lowest BCUT2D eigenvalue weighted by molar-refractivity contribution is 0.0696. The molecule has 0 saturated carbocycles. The van der Waals surface area contributed by atoms with Gasteiger partial charge < -0.3 is 5.11 Å². The third-order valence-electron chi connectivity index (χ3n) is 2.23. The lowest BCUT2D eigenvalue weighted by Gasteiger charge is -2.09. The van der Waals surface area contributed by atoms with Crippen molar-refractivity contribution in [2.24, 2.45) is 0 Å². The maximum absolute atomic E-state index is 10.8. The number of halogens is 1. The van der Waals surface area contributed by atoms with E-state index in [1.807, 2.05) is 6.92 Å². The Balaban J connectivity index is 3.50. The van der Waals surface area contributed by atoms with Gasteiger partial charge in [-0.05, 0) is 43.5 Å². The van der Waals surface area contributed by atoms with Crippen LogP contribution in [0.5, 0.6) is 0 Å². The molecule has 70 valence electrons. The molecule has 3 heteroatoms. The van der Waals surface area contributed by atoms with E-state index in [0.29, 0.717) is 10.6 Å². The molecule has 13 heavy (non-hydrogen) atoms. The maximum atomic E-state index is 10.8. The second-order valence-corrected chi connectivity index (χ2v) is 3.49. The van der Waals surface area contributed by atoms with Gasteiger partial charge in [0.1, 0.15) is 0 Å². The summed E-state index contributed by atoms with van der Waals surface area (Å²) in [6.45, 7) is 5.41. The third-order valence-corrected chi connectivity index (χ3v) is 2.81. The summed E-state index contributed by atoms with van der Waals surface area (Å²) in [5.41, 5.74) is 2.73. The molecule has 0 saturated heterocycles. The molecule has 0 fully saturated rings. The van der Waals surface area contributed by atoms with Crippen molar-refractivity contribution in [3.8, 4) is 0 Å². The summed E-state index contributed by atoms with van der Waals surface area (Å²) >= 11 is 5.97. The van der Waals surface area contributed by atoms with Gasteiger partial charge in [0.25, 0.3) is 0 Å². The molecule has 1 aromatic rings. The van der Waals surface area contributed by atoms with Crippen LogP contribution in [-0.2, 0) is 0 Å². The molecule has 0 atom stereocenters. The average Bonchev–Trinajstić information content (AvgIpc) is 2.07. The lowest BCUT2D eigenvalue weighted by Crippen LogP contribution is -2.02. The Morgan fingerprint density at radius 1 is 1.31 bits per heavy atom. The first-order chi connectivity index (χ1) is 5.95. The van der Waals surface area contributed by atoms with Crippen LogP contribution in [0.4, 0.5) is 0 Å². The minimum atomic E-state index is -0.902. The van der Waals surface area contributed by atoms with Crippen LogP contribution in [0.3, 0.4) is 0 Å². The fourth-order valence-corrected chi connectivity index (χ4v) is 1.47. The zero-order valence-electron chi connectivity index (χ0n) is 7.81. The number of aryl methyl sites for hydroxylation is 1. The Morgan fingerprint density at radius 2 is 1.85 bits per heavy atom. The van der Waals surface area contributed by atoms with Gasteiger partial charge in [0.05, 0.1) is 5.56 Å². The fraction of sp³-hybridized carbons (Fsp3) is 0.300. The summed E-state index contributed by atoms with van der Waals surface area (Å²) in [4.78, 5) is 10.8. The molecule has 0 aliphatic rings. The van der Waals surface area contributed by atoms with Crippen LogP contribution < -0.4 is 0 Å². The largest absolute Gasteiger partial charge is 0.478 e. The molecule has 1 N–H and O–H groups in total. The number of hydrogen-bond acceptors (Lipinski definition) is 1. The summed E-state index contributed by atoms with van der Waals surface area (Å²) in [6.07, 6.45) is 0. The molecule has 0 aromatic heterocycles. The number of carboxylic acid groups (broad SMARTS) is 1. The van der Waals surface area contributed by atoms with E-state index in [1.165, 1.54) is 0 Å². The first-order valence-electron chi connectivity index (χ1n) is 3.94. The van der Waals surface area contributed by atoms with Gasteiger partial charge in [0.2, 0.25) is 0 Å². The van der Waals surface area contributed by atoms with Crippen molar-refractivity contribution in [3.05, 3.63) is 33.3 Å². The van der Waals surface area contributed by atoms with Gasteiger partial charge in [0, 0.05) is 5.02 Å².